The van der Waals surface area contributed by atoms with Crippen LogP contribution in [0.4, 0.5) is 0 Å². The summed E-state index contributed by atoms with van der Waals surface area (Å²) >= 11 is 5.10. The first-order valence-electron chi connectivity index (χ1n) is 9.88. The molecule has 0 saturated carbocycles. The third kappa shape index (κ3) is 5.36. The van der Waals surface area contributed by atoms with Gasteiger partial charge in [0.05, 0.1) is 10.6 Å². The first-order chi connectivity index (χ1) is 15.5. The highest BCUT2D eigenvalue weighted by molar-refractivity contribution is 9.10. The minimum absolute atomic E-state index is 0.329. The van der Waals surface area contributed by atoms with Gasteiger partial charge in [-0.15, -0.1) is 11.3 Å². The number of nitrogens with zero attached hydrogens (tertiary/aromatic N) is 1. The third-order valence-electron chi connectivity index (χ3n) is 4.68. The summed E-state index contributed by atoms with van der Waals surface area (Å²) in [6.07, 6.45) is 0. The molecule has 0 bridgehead atoms. The predicted molar refractivity (Wildman–Crippen MR) is 129 cm³/mol. The van der Waals surface area contributed by atoms with E-state index in [1.54, 1.807) is 23.5 Å². The molecule has 162 valence electrons. The number of hydrogen-bond acceptors (Lipinski definition) is 5. The van der Waals surface area contributed by atoms with Crippen molar-refractivity contribution < 1.29 is 19.4 Å². The van der Waals surface area contributed by atoms with Crippen LogP contribution in [0.25, 0.3) is 21.7 Å². The summed E-state index contributed by atoms with van der Waals surface area (Å²) in [6.45, 7) is 1.81. The fraction of sp³-hybridized carbons (Fsp3) is 0.120. The molecular weight excluding hydrogens is 490 g/mol. The monoisotopic (exact) mass is 509 g/mol. The van der Waals surface area contributed by atoms with E-state index >= 15 is 0 Å². The van der Waals surface area contributed by atoms with E-state index in [1.165, 1.54) is 0 Å². The third-order valence-corrected chi connectivity index (χ3v) is 6.29. The lowest BCUT2D eigenvalue weighted by Gasteiger charge is -2.09. The Morgan fingerprint density at radius 1 is 1.00 bits per heavy atom. The smallest absolute Gasteiger partial charge is 0.341 e. The lowest BCUT2D eigenvalue weighted by Crippen LogP contribution is -2.10. The van der Waals surface area contributed by atoms with Gasteiger partial charge in [0.15, 0.2) is 6.61 Å². The van der Waals surface area contributed by atoms with Gasteiger partial charge in [0.1, 0.15) is 23.1 Å². The number of carboxylic acids is 1. The number of carboxylic acid groups (broad SMARTS) is 1. The molecular formula is C25H20BrNO4S. The largest absolute Gasteiger partial charge is 0.486 e. The summed E-state index contributed by atoms with van der Waals surface area (Å²) in [4.78, 5) is 16.7. The first-order valence-corrected chi connectivity index (χ1v) is 11.5. The van der Waals surface area contributed by atoms with Crippen LogP contribution in [0, 0.1) is 6.92 Å². The van der Waals surface area contributed by atoms with Gasteiger partial charge in [-0.1, -0.05) is 58.4 Å². The molecule has 7 heteroatoms. The second-order valence-electron chi connectivity index (χ2n) is 7.06. The van der Waals surface area contributed by atoms with Crippen LogP contribution in [0.2, 0.25) is 0 Å². The highest BCUT2D eigenvalue weighted by Gasteiger charge is 2.15. The quantitative estimate of drug-likeness (QED) is 0.290. The zero-order chi connectivity index (χ0) is 22.5. The summed E-state index contributed by atoms with van der Waals surface area (Å²) in [5, 5.41) is 9.64. The number of aromatic nitrogens is 1. The Morgan fingerprint density at radius 3 is 2.44 bits per heavy atom. The summed E-state index contributed by atoms with van der Waals surface area (Å²) in [7, 11) is 0. The molecule has 1 N–H and O–H groups in total. The Kier molecular flexibility index (Phi) is 6.87. The molecule has 0 fully saturated rings. The molecule has 5 nitrogen and oxygen atoms in total. The van der Waals surface area contributed by atoms with E-state index in [0.29, 0.717) is 18.1 Å². The highest BCUT2D eigenvalue weighted by atomic mass is 79.9. The van der Waals surface area contributed by atoms with Crippen molar-refractivity contribution in [1.82, 2.24) is 4.98 Å². The van der Waals surface area contributed by atoms with Crippen molar-refractivity contribution in [2.75, 3.05) is 6.61 Å². The van der Waals surface area contributed by atoms with E-state index in [-0.39, 0.29) is 6.61 Å². The van der Waals surface area contributed by atoms with Crippen molar-refractivity contribution in [2.45, 2.75) is 13.5 Å². The van der Waals surface area contributed by atoms with Crippen molar-refractivity contribution in [3.8, 4) is 33.2 Å². The molecule has 1 heterocycles. The number of aliphatic carboxylic acids is 1. The van der Waals surface area contributed by atoms with E-state index in [1.807, 2.05) is 43.3 Å². The number of aryl methyl sites for hydroxylation is 1. The molecule has 0 saturated heterocycles. The van der Waals surface area contributed by atoms with Crippen molar-refractivity contribution in [2.24, 2.45) is 0 Å². The molecule has 0 aliphatic rings. The minimum Gasteiger partial charge on any atom is -0.486 e. The second kappa shape index (κ2) is 9.97. The minimum atomic E-state index is -1.01. The zero-order valence-corrected chi connectivity index (χ0v) is 19.7. The maximum atomic E-state index is 10.7. The Hall–Kier alpha value is -3.16. The van der Waals surface area contributed by atoms with Gasteiger partial charge in [0.25, 0.3) is 0 Å². The average Bonchev–Trinajstić information content (AvgIpc) is 3.22. The van der Waals surface area contributed by atoms with Crippen molar-refractivity contribution >= 4 is 33.2 Å². The molecule has 1 aromatic heterocycles. The molecule has 0 amide bonds. The number of hydrogen-bond donors (Lipinski definition) is 1. The normalized spacial score (nSPS) is 10.7. The van der Waals surface area contributed by atoms with E-state index in [9.17, 15) is 4.79 Å². The SMILES string of the molecule is Cc1cc(OCc2nc(-c3ccc(Br)cc3)c(-c3ccccc3)s2)ccc1OCC(=O)O. The Morgan fingerprint density at radius 2 is 1.75 bits per heavy atom. The lowest BCUT2D eigenvalue weighted by atomic mass is 10.1. The summed E-state index contributed by atoms with van der Waals surface area (Å²) in [6, 6.07) is 23.7. The fourth-order valence-corrected chi connectivity index (χ4v) is 4.44. The molecule has 3 aromatic carbocycles. The molecule has 0 aliphatic carbocycles. The summed E-state index contributed by atoms with van der Waals surface area (Å²) < 4.78 is 12.3. The number of benzene rings is 3. The number of carbonyl (C=O) groups is 1. The van der Waals surface area contributed by atoms with E-state index in [2.05, 4.69) is 40.2 Å². The molecule has 4 aromatic rings. The molecule has 0 aliphatic heterocycles. The van der Waals surface area contributed by atoms with Crippen LogP contribution in [-0.4, -0.2) is 22.7 Å². The van der Waals surface area contributed by atoms with Gasteiger partial charge in [-0.25, -0.2) is 9.78 Å². The van der Waals surface area contributed by atoms with E-state index < -0.39 is 5.97 Å². The Labute approximate surface area is 198 Å². The van der Waals surface area contributed by atoms with Crippen LogP contribution in [0.1, 0.15) is 10.6 Å². The van der Waals surface area contributed by atoms with Crippen molar-refractivity contribution in [3.63, 3.8) is 0 Å². The Bertz CT molecular complexity index is 1220. The van der Waals surface area contributed by atoms with Gasteiger partial charge in [-0.2, -0.15) is 0 Å². The van der Waals surface area contributed by atoms with Crippen LogP contribution in [0.3, 0.4) is 0 Å². The van der Waals surface area contributed by atoms with Gasteiger partial charge in [0.2, 0.25) is 0 Å². The molecule has 0 spiro atoms. The standard InChI is InChI=1S/C25H20BrNO4S/c1-16-13-20(11-12-21(16)31-15-23(28)29)30-14-22-27-24(17-7-9-19(26)10-8-17)25(32-22)18-5-3-2-4-6-18/h2-13H,14-15H2,1H3,(H,28,29). The molecule has 32 heavy (non-hydrogen) atoms. The number of ether oxygens (including phenoxy) is 2. The van der Waals surface area contributed by atoms with Gasteiger partial charge in [0, 0.05) is 10.0 Å². The second-order valence-corrected chi connectivity index (χ2v) is 9.06. The maximum absolute atomic E-state index is 10.7. The average molecular weight is 510 g/mol. The molecule has 0 radical (unpaired) electrons. The predicted octanol–water partition coefficient (Wildman–Crippen LogP) is 6.59. The van der Waals surface area contributed by atoms with Crippen molar-refractivity contribution in [1.29, 1.82) is 0 Å². The molecule has 0 atom stereocenters. The van der Waals surface area contributed by atoms with Crippen molar-refractivity contribution in [3.05, 3.63) is 87.8 Å². The molecule has 4 rings (SSSR count). The number of rotatable bonds is 8. The van der Waals surface area contributed by atoms with E-state index in [4.69, 9.17) is 19.6 Å². The lowest BCUT2D eigenvalue weighted by molar-refractivity contribution is -0.139. The van der Waals surface area contributed by atoms with Gasteiger partial charge >= 0.3 is 5.97 Å². The number of thiazole rings is 1. The topological polar surface area (TPSA) is 68.7 Å². The van der Waals surface area contributed by atoms with Crippen LogP contribution in [-0.2, 0) is 11.4 Å². The zero-order valence-electron chi connectivity index (χ0n) is 17.2. The van der Waals surface area contributed by atoms with Crippen LogP contribution >= 0.6 is 27.3 Å². The Balaban J connectivity index is 1.56. The van der Waals surface area contributed by atoms with Gasteiger partial charge in [-0.05, 0) is 48.4 Å². The summed E-state index contributed by atoms with van der Waals surface area (Å²) in [5.74, 6) is 0.189. The maximum Gasteiger partial charge on any atom is 0.341 e. The van der Waals surface area contributed by atoms with Crippen LogP contribution in [0.15, 0.2) is 77.3 Å². The fourth-order valence-electron chi connectivity index (χ4n) is 3.17. The van der Waals surface area contributed by atoms with Gasteiger partial charge < -0.3 is 14.6 Å². The first kappa shape index (κ1) is 22.0. The van der Waals surface area contributed by atoms with Crippen LogP contribution < -0.4 is 9.47 Å². The number of halogens is 1. The summed E-state index contributed by atoms with van der Waals surface area (Å²) in [5.41, 5.74) is 3.90. The van der Waals surface area contributed by atoms with Crippen LogP contribution in [0.5, 0.6) is 11.5 Å². The molecule has 0 unspecified atom stereocenters. The van der Waals surface area contributed by atoms with E-state index in [0.717, 1.165) is 36.7 Å². The highest BCUT2D eigenvalue weighted by Crippen LogP contribution is 2.37. The van der Waals surface area contributed by atoms with Gasteiger partial charge in [-0.3, -0.25) is 0 Å².